The summed E-state index contributed by atoms with van der Waals surface area (Å²) in [6.07, 6.45) is 4.18. The molecule has 0 spiro atoms. The number of unbranched alkanes of at least 4 members (excludes halogenated alkanes) is 1. The van der Waals surface area contributed by atoms with Crippen molar-refractivity contribution in [1.29, 1.82) is 0 Å². The Hall–Kier alpha value is -1.81. The van der Waals surface area contributed by atoms with Gasteiger partial charge >= 0.3 is 6.09 Å². The monoisotopic (exact) mass is 275 g/mol. The van der Waals surface area contributed by atoms with Crippen LogP contribution in [-0.2, 0) is 16.1 Å². The molecule has 4 heteroatoms. The van der Waals surface area contributed by atoms with E-state index in [1.54, 1.807) is 0 Å². The van der Waals surface area contributed by atoms with Gasteiger partial charge in [0, 0.05) is 0 Å². The van der Waals surface area contributed by atoms with Gasteiger partial charge in [-0.05, 0) is 24.8 Å². The molecule has 1 heterocycles. The highest BCUT2D eigenvalue weighted by Gasteiger charge is 2.33. The normalized spacial score (nSPS) is 21.3. The van der Waals surface area contributed by atoms with Gasteiger partial charge in [0.05, 0.1) is 19.3 Å². The summed E-state index contributed by atoms with van der Waals surface area (Å²) >= 11 is 0. The Bertz CT molecular complexity index is 433. The van der Waals surface area contributed by atoms with Gasteiger partial charge in [0.2, 0.25) is 0 Å². The zero-order valence-electron chi connectivity index (χ0n) is 11.6. The van der Waals surface area contributed by atoms with Crippen molar-refractivity contribution in [3.63, 3.8) is 0 Å². The minimum Gasteiger partial charge on any atom is -0.444 e. The molecule has 1 amide bonds. The zero-order valence-corrected chi connectivity index (χ0v) is 11.6. The average molecular weight is 275 g/mol. The predicted octanol–water partition coefficient (Wildman–Crippen LogP) is 3.04. The summed E-state index contributed by atoms with van der Waals surface area (Å²) in [6, 6.07) is 9.92. The third-order valence-electron chi connectivity index (χ3n) is 3.32. The van der Waals surface area contributed by atoms with Crippen LogP contribution in [0, 0.1) is 0 Å². The van der Waals surface area contributed by atoms with E-state index in [9.17, 15) is 4.79 Å². The van der Waals surface area contributed by atoms with Gasteiger partial charge in [0.25, 0.3) is 0 Å². The lowest BCUT2D eigenvalue weighted by atomic mass is 10.1. The van der Waals surface area contributed by atoms with Crippen LogP contribution in [0.2, 0.25) is 0 Å². The molecule has 0 unspecified atom stereocenters. The van der Waals surface area contributed by atoms with Crippen molar-refractivity contribution < 1.29 is 14.3 Å². The lowest BCUT2D eigenvalue weighted by molar-refractivity contribution is 0.0681. The molecule has 1 N–H and O–H groups in total. The first kappa shape index (κ1) is 14.6. The van der Waals surface area contributed by atoms with Crippen LogP contribution >= 0.6 is 0 Å². The van der Waals surface area contributed by atoms with Crippen LogP contribution in [0.1, 0.15) is 24.8 Å². The summed E-state index contributed by atoms with van der Waals surface area (Å²) in [5.74, 6) is 0. The first-order valence-corrected chi connectivity index (χ1v) is 6.99. The molecule has 108 valence electrons. The lowest BCUT2D eigenvalue weighted by Crippen LogP contribution is -2.36. The van der Waals surface area contributed by atoms with Gasteiger partial charge in [0.15, 0.2) is 0 Å². The minimum atomic E-state index is -0.345. The maximum absolute atomic E-state index is 11.3. The van der Waals surface area contributed by atoms with Crippen molar-refractivity contribution in [1.82, 2.24) is 5.32 Å². The number of hydrogen-bond donors (Lipinski definition) is 1. The maximum Gasteiger partial charge on any atom is 0.407 e. The Labute approximate surface area is 119 Å². The standard InChI is InChI=1S/C16H21NO3/c1-2-3-5-10-15-14(17-16(18)20-15)12-19-11-13-8-6-4-7-9-13/h2,4,6-9,14-15H,1,3,5,10-12H2,(H,17,18)/t14-,15-/m0/s1. The van der Waals surface area contributed by atoms with Gasteiger partial charge in [-0.1, -0.05) is 36.4 Å². The van der Waals surface area contributed by atoms with Crippen LogP contribution < -0.4 is 5.32 Å². The average Bonchev–Trinajstić information content (AvgIpc) is 2.81. The van der Waals surface area contributed by atoms with Crippen LogP contribution in [0.5, 0.6) is 0 Å². The van der Waals surface area contributed by atoms with E-state index >= 15 is 0 Å². The molecule has 1 aliphatic rings. The second-order valence-electron chi connectivity index (χ2n) is 4.91. The Morgan fingerprint density at radius 2 is 2.15 bits per heavy atom. The topological polar surface area (TPSA) is 47.6 Å². The maximum atomic E-state index is 11.3. The molecule has 1 aromatic rings. The van der Waals surface area contributed by atoms with E-state index in [0.717, 1.165) is 24.8 Å². The quantitative estimate of drug-likeness (QED) is 0.586. The summed E-state index contributed by atoms with van der Waals surface area (Å²) in [4.78, 5) is 11.3. The number of hydrogen-bond acceptors (Lipinski definition) is 3. The van der Waals surface area contributed by atoms with E-state index in [4.69, 9.17) is 9.47 Å². The number of ether oxygens (including phenoxy) is 2. The van der Waals surface area contributed by atoms with Crippen LogP contribution in [-0.4, -0.2) is 24.8 Å². The highest BCUT2D eigenvalue weighted by Crippen LogP contribution is 2.16. The Morgan fingerprint density at radius 1 is 1.35 bits per heavy atom. The molecule has 20 heavy (non-hydrogen) atoms. The molecular weight excluding hydrogens is 254 g/mol. The number of carbonyl (C=O) groups is 1. The summed E-state index contributed by atoms with van der Waals surface area (Å²) in [6.45, 7) is 4.71. The van der Waals surface area contributed by atoms with Crippen LogP contribution in [0.4, 0.5) is 4.79 Å². The first-order valence-electron chi connectivity index (χ1n) is 6.99. The fourth-order valence-electron chi connectivity index (χ4n) is 2.25. The number of carbonyl (C=O) groups excluding carboxylic acids is 1. The van der Waals surface area contributed by atoms with Crippen molar-refractivity contribution in [2.75, 3.05) is 6.61 Å². The molecule has 4 nitrogen and oxygen atoms in total. The van der Waals surface area contributed by atoms with Crippen LogP contribution in [0.25, 0.3) is 0 Å². The number of benzene rings is 1. The third kappa shape index (κ3) is 4.38. The third-order valence-corrected chi connectivity index (χ3v) is 3.32. The molecule has 1 aliphatic heterocycles. The highest BCUT2D eigenvalue weighted by molar-refractivity contribution is 5.70. The van der Waals surface area contributed by atoms with Gasteiger partial charge in [0.1, 0.15) is 6.10 Å². The summed E-state index contributed by atoms with van der Waals surface area (Å²) in [5, 5.41) is 2.81. The van der Waals surface area contributed by atoms with Gasteiger partial charge in [-0.2, -0.15) is 0 Å². The molecule has 1 saturated heterocycles. The second kappa shape index (κ2) is 7.70. The number of amides is 1. The Balaban J connectivity index is 1.75. The fraction of sp³-hybridized carbons (Fsp3) is 0.438. The largest absolute Gasteiger partial charge is 0.444 e. The number of cyclic esters (lactones) is 1. The number of alkyl carbamates (subject to hydrolysis) is 1. The van der Waals surface area contributed by atoms with E-state index in [1.165, 1.54) is 0 Å². The van der Waals surface area contributed by atoms with Crippen molar-refractivity contribution in [2.45, 2.75) is 38.0 Å². The zero-order chi connectivity index (χ0) is 14.2. The number of nitrogens with one attached hydrogen (secondary N) is 1. The lowest BCUT2D eigenvalue weighted by Gasteiger charge is -2.16. The molecule has 0 aromatic heterocycles. The van der Waals surface area contributed by atoms with Crippen molar-refractivity contribution >= 4 is 6.09 Å². The molecule has 0 radical (unpaired) electrons. The van der Waals surface area contributed by atoms with E-state index in [-0.39, 0.29) is 18.2 Å². The second-order valence-corrected chi connectivity index (χ2v) is 4.91. The molecule has 0 saturated carbocycles. The van der Waals surface area contributed by atoms with Crippen molar-refractivity contribution in [3.05, 3.63) is 48.6 Å². The molecule has 1 aromatic carbocycles. The predicted molar refractivity (Wildman–Crippen MR) is 77.3 cm³/mol. The smallest absolute Gasteiger partial charge is 0.407 e. The van der Waals surface area contributed by atoms with Gasteiger partial charge in [-0.15, -0.1) is 6.58 Å². The molecular formula is C16H21NO3. The first-order chi connectivity index (χ1) is 9.79. The van der Waals surface area contributed by atoms with E-state index in [1.807, 2.05) is 36.4 Å². The fourth-order valence-corrected chi connectivity index (χ4v) is 2.25. The highest BCUT2D eigenvalue weighted by atomic mass is 16.6. The van der Waals surface area contributed by atoms with Crippen LogP contribution in [0.15, 0.2) is 43.0 Å². The van der Waals surface area contributed by atoms with Crippen molar-refractivity contribution in [3.8, 4) is 0 Å². The SMILES string of the molecule is C=CCCC[C@@H]1OC(=O)N[C@H]1COCc1ccccc1. The Morgan fingerprint density at radius 3 is 2.90 bits per heavy atom. The molecule has 2 rings (SSSR count). The van der Waals surface area contributed by atoms with Gasteiger partial charge < -0.3 is 14.8 Å². The summed E-state index contributed by atoms with van der Waals surface area (Å²) < 4.78 is 10.9. The van der Waals surface area contributed by atoms with Gasteiger partial charge in [-0.3, -0.25) is 0 Å². The van der Waals surface area contributed by atoms with Crippen LogP contribution in [0.3, 0.4) is 0 Å². The summed E-state index contributed by atoms with van der Waals surface area (Å²) in [5.41, 5.74) is 1.13. The summed E-state index contributed by atoms with van der Waals surface area (Å²) in [7, 11) is 0. The molecule has 0 aliphatic carbocycles. The number of rotatable bonds is 8. The van der Waals surface area contributed by atoms with Crippen molar-refractivity contribution in [2.24, 2.45) is 0 Å². The van der Waals surface area contributed by atoms with E-state index in [0.29, 0.717) is 13.2 Å². The Kier molecular flexibility index (Phi) is 5.62. The van der Waals surface area contributed by atoms with E-state index < -0.39 is 0 Å². The molecule has 0 bridgehead atoms. The molecule has 1 fully saturated rings. The number of allylic oxidation sites excluding steroid dienone is 1. The van der Waals surface area contributed by atoms with E-state index in [2.05, 4.69) is 11.9 Å². The van der Waals surface area contributed by atoms with Gasteiger partial charge in [-0.25, -0.2) is 4.79 Å². The minimum absolute atomic E-state index is 0.0592. The molecule has 2 atom stereocenters.